The van der Waals surface area contributed by atoms with E-state index in [0.29, 0.717) is 0 Å². The fourth-order valence-corrected chi connectivity index (χ4v) is 14.5. The van der Waals surface area contributed by atoms with Crippen LogP contribution in [0.4, 0.5) is 17.1 Å². The molecule has 0 saturated heterocycles. The number of hydrogen-bond acceptors (Lipinski definition) is 1. The first-order valence-electron chi connectivity index (χ1n) is 21.7. The summed E-state index contributed by atoms with van der Waals surface area (Å²) in [7, 11) is -2.71. The van der Waals surface area contributed by atoms with Gasteiger partial charge in [0.1, 0.15) is 0 Å². The molecular formula is C60H44N2Si. The number of aromatic nitrogens is 1. The molecule has 0 N–H and O–H groups in total. The molecule has 1 heterocycles. The molecule has 1 aromatic heterocycles. The van der Waals surface area contributed by atoms with Gasteiger partial charge in [-0.3, -0.25) is 0 Å². The normalized spacial score (nSPS) is 11.5. The maximum absolute atomic E-state index is 2.71. The summed E-state index contributed by atoms with van der Waals surface area (Å²) in [6.45, 7) is 0. The van der Waals surface area contributed by atoms with E-state index in [1.807, 2.05) is 0 Å². The Morgan fingerprint density at radius 1 is 0.286 bits per heavy atom. The lowest BCUT2D eigenvalue weighted by atomic mass is 10.0. The summed E-state index contributed by atoms with van der Waals surface area (Å²) in [6.07, 6.45) is 0. The highest BCUT2D eigenvalue weighted by atomic mass is 28.3. The van der Waals surface area contributed by atoms with E-state index in [9.17, 15) is 0 Å². The lowest BCUT2D eigenvalue weighted by molar-refractivity contribution is 1.18. The Labute approximate surface area is 370 Å². The fraction of sp³-hybridized carbons (Fsp3) is 0. The molecule has 0 aliphatic heterocycles. The third kappa shape index (κ3) is 6.67. The average Bonchev–Trinajstić information content (AvgIpc) is 3.71. The van der Waals surface area contributed by atoms with Crippen molar-refractivity contribution in [2.75, 3.05) is 4.90 Å². The number of fused-ring (bicyclic) bond motifs is 3. The largest absolute Gasteiger partial charge is 0.310 e. The Kier molecular flexibility index (Phi) is 9.93. The molecule has 0 fully saturated rings. The van der Waals surface area contributed by atoms with Crippen molar-refractivity contribution in [3.8, 4) is 27.9 Å². The van der Waals surface area contributed by atoms with E-state index in [4.69, 9.17) is 0 Å². The van der Waals surface area contributed by atoms with Crippen LogP contribution in [0, 0.1) is 0 Å². The highest BCUT2D eigenvalue weighted by Crippen LogP contribution is 2.42. The predicted octanol–water partition coefficient (Wildman–Crippen LogP) is 13.0. The second-order valence-corrected chi connectivity index (χ2v) is 19.9. The van der Waals surface area contributed by atoms with Gasteiger partial charge in [0.15, 0.2) is 8.07 Å². The third-order valence-corrected chi connectivity index (χ3v) is 17.4. The minimum atomic E-state index is -2.71. The van der Waals surface area contributed by atoms with E-state index in [1.165, 1.54) is 59.2 Å². The van der Waals surface area contributed by atoms with E-state index < -0.39 is 8.07 Å². The molecule has 0 bridgehead atoms. The van der Waals surface area contributed by atoms with Crippen LogP contribution in [0.15, 0.2) is 267 Å². The molecule has 11 aromatic rings. The summed E-state index contributed by atoms with van der Waals surface area (Å²) < 4.78 is 2.42. The number of anilines is 3. The summed E-state index contributed by atoms with van der Waals surface area (Å²) in [5.74, 6) is 0. The van der Waals surface area contributed by atoms with Crippen molar-refractivity contribution < 1.29 is 0 Å². The van der Waals surface area contributed by atoms with Crippen LogP contribution in [0.1, 0.15) is 0 Å². The van der Waals surface area contributed by atoms with Gasteiger partial charge in [-0.05, 0) is 80.4 Å². The van der Waals surface area contributed by atoms with Crippen molar-refractivity contribution >= 4 is 67.7 Å². The van der Waals surface area contributed by atoms with Crippen LogP contribution in [-0.4, -0.2) is 12.6 Å². The SMILES string of the molecule is c1ccc(-c2ccccc2N(c2ccc(-c3ccccc3-n3c4ccccc4c4ccccc43)cc2)c2ccc([Si](c3ccccc3)(c3ccccc3)c3ccccc3)cc2)cc1. The molecule has 10 aromatic carbocycles. The molecule has 63 heavy (non-hydrogen) atoms. The lowest BCUT2D eigenvalue weighted by Gasteiger charge is -2.35. The molecule has 2 nitrogen and oxygen atoms in total. The van der Waals surface area contributed by atoms with Crippen LogP contribution in [-0.2, 0) is 0 Å². The van der Waals surface area contributed by atoms with Gasteiger partial charge in [-0.25, -0.2) is 0 Å². The van der Waals surface area contributed by atoms with Crippen LogP contribution in [0.3, 0.4) is 0 Å². The van der Waals surface area contributed by atoms with E-state index in [2.05, 4.69) is 276 Å². The fourth-order valence-electron chi connectivity index (χ4n) is 9.77. The minimum Gasteiger partial charge on any atom is -0.310 e. The molecule has 0 spiro atoms. The molecule has 298 valence electrons. The van der Waals surface area contributed by atoms with Gasteiger partial charge in [0, 0.05) is 33.3 Å². The monoisotopic (exact) mass is 820 g/mol. The second-order valence-electron chi connectivity index (χ2n) is 16.0. The number of rotatable bonds is 10. The zero-order chi connectivity index (χ0) is 42.0. The maximum Gasteiger partial charge on any atom is 0.179 e. The number of hydrogen-bond donors (Lipinski definition) is 0. The van der Waals surface area contributed by atoms with Crippen molar-refractivity contribution in [1.29, 1.82) is 0 Å². The molecule has 3 heteroatoms. The predicted molar refractivity (Wildman–Crippen MR) is 270 cm³/mol. The molecule has 0 unspecified atom stereocenters. The second kappa shape index (κ2) is 16.5. The van der Waals surface area contributed by atoms with Crippen LogP contribution in [0.25, 0.3) is 49.7 Å². The van der Waals surface area contributed by atoms with E-state index >= 15 is 0 Å². The lowest BCUT2D eigenvalue weighted by Crippen LogP contribution is -2.74. The van der Waals surface area contributed by atoms with Gasteiger partial charge < -0.3 is 9.47 Å². The minimum absolute atomic E-state index is 1.09. The first-order valence-corrected chi connectivity index (χ1v) is 23.7. The van der Waals surface area contributed by atoms with Crippen LogP contribution >= 0.6 is 0 Å². The molecule has 0 saturated carbocycles. The standard InChI is InChI=1S/C60H44N2Si/c1-5-21-45(22-6-1)53-29-13-17-33-57(53)61(48-41-43-52(44-42-48)63(49-23-7-2-8-24-49,50-25-9-3-10-26-50)51-27-11-4-12-28-51)47-39-37-46(38-40-47)54-30-14-18-34-58(54)62-59-35-19-15-31-55(59)56-32-16-20-36-60(56)62/h1-44H. The summed E-state index contributed by atoms with van der Waals surface area (Å²) in [5, 5.41) is 7.93. The van der Waals surface area contributed by atoms with Gasteiger partial charge in [-0.2, -0.15) is 0 Å². The van der Waals surface area contributed by atoms with Crippen molar-refractivity contribution in [1.82, 2.24) is 4.57 Å². The van der Waals surface area contributed by atoms with Gasteiger partial charge in [-0.15, -0.1) is 0 Å². The van der Waals surface area contributed by atoms with Crippen LogP contribution in [0.5, 0.6) is 0 Å². The summed E-state index contributed by atoms with van der Waals surface area (Å²) in [6, 6.07) is 97.7. The molecule has 0 amide bonds. The van der Waals surface area contributed by atoms with E-state index in [1.54, 1.807) is 0 Å². The molecular weight excluding hydrogens is 777 g/mol. The van der Waals surface area contributed by atoms with E-state index in [0.717, 1.165) is 28.3 Å². The van der Waals surface area contributed by atoms with Crippen LogP contribution in [0.2, 0.25) is 0 Å². The first kappa shape index (κ1) is 38.0. The Morgan fingerprint density at radius 3 is 1.21 bits per heavy atom. The molecule has 0 radical (unpaired) electrons. The Bertz CT molecular complexity index is 3160. The average molecular weight is 821 g/mol. The van der Waals surface area contributed by atoms with Crippen molar-refractivity contribution in [2.24, 2.45) is 0 Å². The zero-order valence-corrected chi connectivity index (χ0v) is 35.8. The topological polar surface area (TPSA) is 8.17 Å². The summed E-state index contributed by atoms with van der Waals surface area (Å²) in [5.41, 5.74) is 11.6. The maximum atomic E-state index is 2.42. The summed E-state index contributed by atoms with van der Waals surface area (Å²) in [4.78, 5) is 2.42. The van der Waals surface area contributed by atoms with Gasteiger partial charge in [-0.1, -0.05) is 218 Å². The van der Waals surface area contributed by atoms with Gasteiger partial charge >= 0.3 is 0 Å². The molecule has 11 rings (SSSR count). The highest BCUT2D eigenvalue weighted by Gasteiger charge is 2.41. The Balaban J connectivity index is 1.07. The zero-order valence-electron chi connectivity index (χ0n) is 34.8. The van der Waals surface area contributed by atoms with Crippen molar-refractivity contribution in [3.63, 3.8) is 0 Å². The summed E-state index contributed by atoms with van der Waals surface area (Å²) >= 11 is 0. The number of benzene rings is 10. The first-order chi connectivity index (χ1) is 31.3. The van der Waals surface area contributed by atoms with Crippen molar-refractivity contribution in [2.45, 2.75) is 0 Å². The highest BCUT2D eigenvalue weighted by molar-refractivity contribution is 7.19. The van der Waals surface area contributed by atoms with Gasteiger partial charge in [0.2, 0.25) is 0 Å². The molecule has 0 aliphatic carbocycles. The van der Waals surface area contributed by atoms with Gasteiger partial charge in [0.05, 0.1) is 22.4 Å². The quantitative estimate of drug-likeness (QED) is 0.0985. The molecule has 0 atom stereocenters. The number of nitrogens with zero attached hydrogens (tertiary/aromatic N) is 2. The van der Waals surface area contributed by atoms with Gasteiger partial charge in [0.25, 0.3) is 0 Å². The smallest absolute Gasteiger partial charge is 0.179 e. The van der Waals surface area contributed by atoms with Crippen molar-refractivity contribution in [3.05, 3.63) is 267 Å². The number of para-hydroxylation sites is 4. The Hall–Kier alpha value is -7.98. The van der Waals surface area contributed by atoms with E-state index in [-0.39, 0.29) is 0 Å². The molecule has 0 aliphatic rings. The Morgan fingerprint density at radius 2 is 0.667 bits per heavy atom. The van der Waals surface area contributed by atoms with Crippen LogP contribution < -0.4 is 25.6 Å². The third-order valence-electron chi connectivity index (χ3n) is 12.6.